The Kier molecular flexibility index (Phi) is 2.50. The van der Waals surface area contributed by atoms with Crippen LogP contribution < -0.4 is 5.32 Å². The molecular formula is C12H21NO. The maximum atomic E-state index is 5.48. The Bertz CT molecular complexity index is 200. The minimum Gasteiger partial charge on any atom is -0.381 e. The van der Waals surface area contributed by atoms with Crippen molar-refractivity contribution in [3.63, 3.8) is 0 Å². The Labute approximate surface area is 86.4 Å². The van der Waals surface area contributed by atoms with Crippen molar-refractivity contribution in [3.05, 3.63) is 0 Å². The molecule has 2 heterocycles. The Balaban J connectivity index is 1.60. The van der Waals surface area contributed by atoms with Crippen LogP contribution in [-0.4, -0.2) is 25.3 Å². The first-order chi connectivity index (χ1) is 6.93. The lowest BCUT2D eigenvalue weighted by molar-refractivity contribution is 0.156. The molecule has 3 aliphatic rings. The summed E-state index contributed by atoms with van der Waals surface area (Å²) >= 11 is 0. The van der Waals surface area contributed by atoms with Crippen LogP contribution in [0.3, 0.4) is 0 Å². The molecule has 0 spiro atoms. The van der Waals surface area contributed by atoms with Crippen molar-refractivity contribution in [2.24, 2.45) is 11.8 Å². The van der Waals surface area contributed by atoms with Crippen LogP contribution in [0.1, 0.15) is 38.5 Å². The Hall–Kier alpha value is -0.0800. The van der Waals surface area contributed by atoms with E-state index in [1.165, 1.54) is 38.5 Å². The third-order valence-electron chi connectivity index (χ3n) is 4.47. The van der Waals surface area contributed by atoms with Gasteiger partial charge in [-0.25, -0.2) is 0 Å². The molecule has 4 unspecified atom stereocenters. The van der Waals surface area contributed by atoms with Crippen LogP contribution in [0.5, 0.6) is 0 Å². The summed E-state index contributed by atoms with van der Waals surface area (Å²) in [5.74, 6) is 1.82. The van der Waals surface area contributed by atoms with Gasteiger partial charge in [0.05, 0.1) is 6.61 Å². The smallest absolute Gasteiger partial charge is 0.0510 e. The summed E-state index contributed by atoms with van der Waals surface area (Å²) in [6.45, 7) is 2.01. The second-order valence-electron chi connectivity index (χ2n) is 5.27. The number of nitrogens with one attached hydrogen (secondary N) is 1. The van der Waals surface area contributed by atoms with Gasteiger partial charge in [-0.1, -0.05) is 6.42 Å². The Morgan fingerprint density at radius 3 is 2.64 bits per heavy atom. The number of fused-ring (bicyclic) bond motifs is 1. The first kappa shape index (κ1) is 9.17. The van der Waals surface area contributed by atoms with E-state index < -0.39 is 0 Å². The van der Waals surface area contributed by atoms with Crippen molar-refractivity contribution >= 4 is 0 Å². The summed E-state index contributed by atoms with van der Waals surface area (Å²) < 4.78 is 5.48. The van der Waals surface area contributed by atoms with Crippen molar-refractivity contribution < 1.29 is 4.74 Å². The first-order valence-corrected chi connectivity index (χ1v) is 6.27. The molecule has 0 radical (unpaired) electrons. The topological polar surface area (TPSA) is 21.3 Å². The fourth-order valence-corrected chi connectivity index (χ4v) is 3.60. The molecule has 0 aromatic heterocycles. The van der Waals surface area contributed by atoms with E-state index in [-0.39, 0.29) is 0 Å². The van der Waals surface area contributed by atoms with Crippen molar-refractivity contribution in [2.45, 2.75) is 50.6 Å². The van der Waals surface area contributed by atoms with E-state index >= 15 is 0 Å². The highest BCUT2D eigenvalue weighted by atomic mass is 16.5. The van der Waals surface area contributed by atoms with Gasteiger partial charge in [-0.2, -0.15) is 0 Å². The summed E-state index contributed by atoms with van der Waals surface area (Å²) in [5, 5.41) is 3.88. The van der Waals surface area contributed by atoms with Crippen molar-refractivity contribution in [3.8, 4) is 0 Å². The van der Waals surface area contributed by atoms with Gasteiger partial charge in [0.2, 0.25) is 0 Å². The van der Waals surface area contributed by atoms with E-state index in [2.05, 4.69) is 5.32 Å². The van der Waals surface area contributed by atoms with E-state index in [9.17, 15) is 0 Å². The van der Waals surface area contributed by atoms with Gasteiger partial charge in [0, 0.05) is 18.7 Å². The molecule has 80 valence electrons. The van der Waals surface area contributed by atoms with Gasteiger partial charge in [0.1, 0.15) is 0 Å². The van der Waals surface area contributed by atoms with Crippen LogP contribution in [0, 0.1) is 11.8 Å². The van der Waals surface area contributed by atoms with Crippen LogP contribution in [0.25, 0.3) is 0 Å². The molecule has 0 bridgehead atoms. The van der Waals surface area contributed by atoms with E-state index in [0.29, 0.717) is 0 Å². The fourth-order valence-electron chi connectivity index (χ4n) is 3.60. The van der Waals surface area contributed by atoms with Gasteiger partial charge in [-0.15, -0.1) is 0 Å². The third-order valence-corrected chi connectivity index (χ3v) is 4.47. The number of hydrogen-bond acceptors (Lipinski definition) is 2. The van der Waals surface area contributed by atoms with Crippen LogP contribution >= 0.6 is 0 Å². The Morgan fingerprint density at radius 2 is 1.79 bits per heavy atom. The SMILES string of the molecule is C1CC2CCC(C3CCOC3)NC2C1. The van der Waals surface area contributed by atoms with Crippen LogP contribution in [0.4, 0.5) is 0 Å². The zero-order valence-electron chi connectivity index (χ0n) is 8.87. The summed E-state index contributed by atoms with van der Waals surface area (Å²) in [5.41, 5.74) is 0. The number of rotatable bonds is 1. The molecule has 2 aliphatic heterocycles. The van der Waals surface area contributed by atoms with Gasteiger partial charge in [0.15, 0.2) is 0 Å². The van der Waals surface area contributed by atoms with Crippen LogP contribution in [0.15, 0.2) is 0 Å². The van der Waals surface area contributed by atoms with E-state index in [1.807, 2.05) is 0 Å². The highest BCUT2D eigenvalue weighted by Gasteiger charge is 2.36. The maximum absolute atomic E-state index is 5.48. The lowest BCUT2D eigenvalue weighted by Gasteiger charge is -2.36. The van der Waals surface area contributed by atoms with E-state index in [0.717, 1.165) is 37.1 Å². The molecule has 2 nitrogen and oxygen atoms in total. The van der Waals surface area contributed by atoms with Gasteiger partial charge in [0.25, 0.3) is 0 Å². The summed E-state index contributed by atoms with van der Waals surface area (Å²) in [7, 11) is 0. The monoisotopic (exact) mass is 195 g/mol. The minimum atomic E-state index is 0.775. The first-order valence-electron chi connectivity index (χ1n) is 6.27. The molecule has 0 aromatic rings. The van der Waals surface area contributed by atoms with Crippen LogP contribution in [0.2, 0.25) is 0 Å². The predicted octanol–water partition coefficient (Wildman–Crippen LogP) is 1.94. The van der Waals surface area contributed by atoms with Crippen molar-refractivity contribution in [1.82, 2.24) is 5.32 Å². The number of piperidine rings is 1. The molecule has 0 amide bonds. The lowest BCUT2D eigenvalue weighted by Crippen LogP contribution is -2.48. The second kappa shape index (κ2) is 3.82. The molecule has 2 saturated heterocycles. The van der Waals surface area contributed by atoms with Gasteiger partial charge >= 0.3 is 0 Å². The van der Waals surface area contributed by atoms with Crippen LogP contribution in [-0.2, 0) is 4.74 Å². The zero-order chi connectivity index (χ0) is 9.38. The molecule has 2 heteroatoms. The molecule has 1 N–H and O–H groups in total. The van der Waals surface area contributed by atoms with Gasteiger partial charge in [-0.3, -0.25) is 0 Å². The maximum Gasteiger partial charge on any atom is 0.0510 e. The molecule has 0 aromatic carbocycles. The minimum absolute atomic E-state index is 0.775. The van der Waals surface area contributed by atoms with Crippen molar-refractivity contribution in [1.29, 1.82) is 0 Å². The second-order valence-corrected chi connectivity index (χ2v) is 5.27. The summed E-state index contributed by atoms with van der Waals surface area (Å²) in [6, 6.07) is 1.63. The predicted molar refractivity (Wildman–Crippen MR) is 56.2 cm³/mol. The molecule has 3 fully saturated rings. The Morgan fingerprint density at radius 1 is 0.857 bits per heavy atom. The molecular weight excluding hydrogens is 174 g/mol. The van der Waals surface area contributed by atoms with Gasteiger partial charge < -0.3 is 10.1 Å². The normalized spacial score (nSPS) is 48.0. The van der Waals surface area contributed by atoms with E-state index in [1.54, 1.807) is 0 Å². The zero-order valence-corrected chi connectivity index (χ0v) is 8.87. The van der Waals surface area contributed by atoms with Gasteiger partial charge in [-0.05, 0) is 43.9 Å². The largest absolute Gasteiger partial charge is 0.381 e. The average molecular weight is 195 g/mol. The quantitative estimate of drug-likeness (QED) is 0.690. The lowest BCUT2D eigenvalue weighted by atomic mass is 9.84. The summed E-state index contributed by atoms with van der Waals surface area (Å²) in [6.07, 6.45) is 8.51. The highest BCUT2D eigenvalue weighted by molar-refractivity contribution is 4.93. The number of hydrogen-bond donors (Lipinski definition) is 1. The molecule has 14 heavy (non-hydrogen) atoms. The van der Waals surface area contributed by atoms with Crippen molar-refractivity contribution in [2.75, 3.05) is 13.2 Å². The fraction of sp³-hybridized carbons (Fsp3) is 1.00. The number of ether oxygens (including phenoxy) is 1. The van der Waals surface area contributed by atoms with E-state index in [4.69, 9.17) is 4.74 Å². The third kappa shape index (κ3) is 1.59. The molecule has 4 atom stereocenters. The summed E-state index contributed by atoms with van der Waals surface area (Å²) in [4.78, 5) is 0. The molecule has 3 rings (SSSR count). The average Bonchev–Trinajstić information content (AvgIpc) is 2.88. The standard InChI is InChI=1S/C12H21NO/c1-2-9-4-5-12(13-11(9)3-1)10-6-7-14-8-10/h9-13H,1-8H2. The molecule has 1 saturated carbocycles. The highest BCUT2D eigenvalue weighted by Crippen LogP contribution is 2.36. The molecule has 1 aliphatic carbocycles.